The maximum atomic E-state index is 11.7. The van der Waals surface area contributed by atoms with Gasteiger partial charge in [0.1, 0.15) is 0 Å². The van der Waals surface area contributed by atoms with Crippen LogP contribution in [0, 0.1) is 10.1 Å². The molecule has 2 rings (SSSR count). The summed E-state index contributed by atoms with van der Waals surface area (Å²) in [5, 5.41) is 10.6. The molecule has 0 saturated heterocycles. The Hall–Kier alpha value is -2.44. The molecule has 0 radical (unpaired) electrons. The number of benzene rings is 1. The van der Waals surface area contributed by atoms with Crippen LogP contribution in [0.3, 0.4) is 0 Å². The summed E-state index contributed by atoms with van der Waals surface area (Å²) < 4.78 is 2.20. The van der Waals surface area contributed by atoms with Gasteiger partial charge in [-0.2, -0.15) is 0 Å². The second-order valence-corrected chi connectivity index (χ2v) is 3.63. The van der Waals surface area contributed by atoms with Gasteiger partial charge in [-0.05, 0) is 6.07 Å². The van der Waals surface area contributed by atoms with Crippen LogP contribution >= 0.6 is 0 Å². The van der Waals surface area contributed by atoms with Crippen molar-refractivity contribution >= 4 is 22.6 Å². The molecule has 0 aliphatic rings. The summed E-state index contributed by atoms with van der Waals surface area (Å²) in [6.07, 6.45) is 0. The number of hydrogen-bond donors (Lipinski definition) is 0. The fourth-order valence-electron chi connectivity index (χ4n) is 1.75. The van der Waals surface area contributed by atoms with E-state index < -0.39 is 16.5 Å². The number of rotatable bonds is 1. The lowest BCUT2D eigenvalue weighted by atomic mass is 10.2. The van der Waals surface area contributed by atoms with Gasteiger partial charge >= 0.3 is 5.69 Å². The molecular formula is C10H9N3O4. The third-order valence-electron chi connectivity index (χ3n) is 2.57. The van der Waals surface area contributed by atoms with E-state index >= 15 is 0 Å². The molecule has 0 unspecified atom stereocenters. The van der Waals surface area contributed by atoms with E-state index in [1.807, 2.05) is 0 Å². The van der Waals surface area contributed by atoms with Gasteiger partial charge < -0.3 is 0 Å². The lowest BCUT2D eigenvalue weighted by Gasteiger charge is -1.96. The third-order valence-corrected chi connectivity index (χ3v) is 2.57. The predicted octanol–water partition coefficient (Wildman–Crippen LogP) is 0.908. The van der Waals surface area contributed by atoms with Crippen LogP contribution in [0.4, 0.5) is 5.69 Å². The number of nitro groups is 1. The minimum atomic E-state index is -0.568. The van der Waals surface area contributed by atoms with Gasteiger partial charge in [0.15, 0.2) is 0 Å². The summed E-state index contributed by atoms with van der Waals surface area (Å²) >= 11 is 0. The average molecular weight is 235 g/mol. The molecule has 0 aliphatic heterocycles. The first-order valence-electron chi connectivity index (χ1n) is 4.80. The SMILES string of the molecule is CC(=O)n1c(=O)n(C)c2ccc([N+](=O)[O-])cc21. The quantitative estimate of drug-likeness (QED) is 0.543. The van der Waals surface area contributed by atoms with Crippen LogP contribution in [0.5, 0.6) is 0 Å². The zero-order valence-electron chi connectivity index (χ0n) is 9.21. The Morgan fingerprint density at radius 1 is 1.35 bits per heavy atom. The first-order valence-corrected chi connectivity index (χ1v) is 4.80. The van der Waals surface area contributed by atoms with E-state index in [1.54, 1.807) is 0 Å². The smallest absolute Gasteiger partial charge is 0.295 e. The fourth-order valence-corrected chi connectivity index (χ4v) is 1.75. The minimum absolute atomic E-state index is 0.155. The van der Waals surface area contributed by atoms with Gasteiger partial charge in [-0.25, -0.2) is 9.36 Å². The molecule has 7 heteroatoms. The molecule has 0 bridgehead atoms. The van der Waals surface area contributed by atoms with Crippen LogP contribution in [0.25, 0.3) is 11.0 Å². The lowest BCUT2D eigenvalue weighted by molar-refractivity contribution is -0.384. The van der Waals surface area contributed by atoms with Gasteiger partial charge in [0, 0.05) is 26.1 Å². The van der Waals surface area contributed by atoms with Crippen LogP contribution in [0.1, 0.15) is 11.7 Å². The zero-order chi connectivity index (χ0) is 12.7. The van der Waals surface area contributed by atoms with E-state index in [-0.39, 0.29) is 11.2 Å². The molecule has 1 aromatic carbocycles. The van der Waals surface area contributed by atoms with Crippen molar-refractivity contribution in [3.05, 3.63) is 38.8 Å². The summed E-state index contributed by atoms with van der Waals surface area (Å²) in [4.78, 5) is 33.2. The van der Waals surface area contributed by atoms with Crippen molar-refractivity contribution in [3.63, 3.8) is 0 Å². The van der Waals surface area contributed by atoms with Gasteiger partial charge in [-0.3, -0.25) is 19.5 Å². The second kappa shape index (κ2) is 3.55. The molecule has 2 aromatic rings. The van der Waals surface area contributed by atoms with E-state index in [4.69, 9.17) is 0 Å². The van der Waals surface area contributed by atoms with E-state index in [9.17, 15) is 19.7 Å². The standard InChI is InChI=1S/C10H9N3O4/c1-6(14)12-9-5-7(13(16)17)3-4-8(9)11(2)10(12)15/h3-5H,1-2H3. The summed E-state index contributed by atoms with van der Waals surface area (Å²) in [6, 6.07) is 3.97. The van der Waals surface area contributed by atoms with E-state index in [2.05, 4.69) is 0 Å². The molecule has 0 amide bonds. The van der Waals surface area contributed by atoms with E-state index in [1.165, 1.54) is 36.7 Å². The second-order valence-electron chi connectivity index (χ2n) is 3.63. The number of aryl methyl sites for hydroxylation is 1. The third kappa shape index (κ3) is 1.52. The van der Waals surface area contributed by atoms with Crippen LogP contribution < -0.4 is 5.69 Å². The maximum Gasteiger partial charge on any atom is 0.335 e. The molecule has 0 aliphatic carbocycles. The van der Waals surface area contributed by atoms with Crippen LogP contribution in [0.15, 0.2) is 23.0 Å². The Morgan fingerprint density at radius 3 is 2.53 bits per heavy atom. The van der Waals surface area contributed by atoms with Gasteiger partial charge in [0.2, 0.25) is 5.91 Å². The molecule has 0 atom stereocenters. The molecule has 0 N–H and O–H groups in total. The van der Waals surface area contributed by atoms with Gasteiger partial charge in [0.25, 0.3) is 5.69 Å². The van der Waals surface area contributed by atoms with Gasteiger partial charge in [0.05, 0.1) is 16.0 Å². The Labute approximate surface area is 95.0 Å². The molecular weight excluding hydrogens is 226 g/mol. The summed E-state index contributed by atoms with van der Waals surface area (Å²) in [7, 11) is 1.51. The molecule has 0 spiro atoms. The Kier molecular flexibility index (Phi) is 2.31. The largest absolute Gasteiger partial charge is 0.335 e. The highest BCUT2D eigenvalue weighted by Gasteiger charge is 2.16. The summed E-state index contributed by atoms with van der Waals surface area (Å²) in [5.74, 6) is -0.471. The number of hydrogen-bond acceptors (Lipinski definition) is 4. The normalized spacial score (nSPS) is 10.7. The molecule has 17 heavy (non-hydrogen) atoms. The first kappa shape index (κ1) is 11.1. The van der Waals surface area contributed by atoms with Crippen molar-refractivity contribution in [1.82, 2.24) is 9.13 Å². The highest BCUT2D eigenvalue weighted by Crippen LogP contribution is 2.19. The zero-order valence-corrected chi connectivity index (χ0v) is 9.21. The Balaban J connectivity index is 2.93. The van der Waals surface area contributed by atoms with Crippen molar-refractivity contribution in [1.29, 1.82) is 0 Å². The summed E-state index contributed by atoms with van der Waals surface area (Å²) in [5.41, 5.74) is 0.0705. The molecule has 1 heterocycles. The molecule has 1 aromatic heterocycles. The number of non-ortho nitro benzene ring substituents is 1. The number of aromatic nitrogens is 2. The summed E-state index contributed by atoms with van der Waals surface area (Å²) in [6.45, 7) is 1.24. The van der Waals surface area contributed by atoms with Crippen molar-refractivity contribution < 1.29 is 9.72 Å². The van der Waals surface area contributed by atoms with Crippen molar-refractivity contribution in [2.75, 3.05) is 0 Å². The van der Waals surface area contributed by atoms with Crippen LogP contribution in [-0.2, 0) is 7.05 Å². The Bertz CT molecular complexity index is 695. The van der Waals surface area contributed by atoms with Gasteiger partial charge in [-0.1, -0.05) is 0 Å². The predicted molar refractivity (Wildman–Crippen MR) is 60.1 cm³/mol. The topological polar surface area (TPSA) is 87.1 Å². The van der Waals surface area contributed by atoms with E-state index in [0.717, 1.165) is 4.57 Å². The van der Waals surface area contributed by atoms with Crippen LogP contribution in [-0.4, -0.2) is 20.0 Å². The number of fused-ring (bicyclic) bond motifs is 1. The average Bonchev–Trinajstić information content (AvgIpc) is 2.51. The molecule has 0 saturated carbocycles. The fraction of sp³-hybridized carbons (Fsp3) is 0.200. The van der Waals surface area contributed by atoms with E-state index in [0.29, 0.717) is 5.52 Å². The minimum Gasteiger partial charge on any atom is -0.295 e. The molecule has 7 nitrogen and oxygen atoms in total. The van der Waals surface area contributed by atoms with Gasteiger partial charge in [-0.15, -0.1) is 0 Å². The number of carbonyl (C=O) groups is 1. The highest BCUT2D eigenvalue weighted by molar-refractivity contribution is 5.90. The van der Waals surface area contributed by atoms with Crippen molar-refractivity contribution in [3.8, 4) is 0 Å². The first-order chi connectivity index (χ1) is 7.93. The van der Waals surface area contributed by atoms with Crippen LogP contribution in [0.2, 0.25) is 0 Å². The maximum absolute atomic E-state index is 11.7. The molecule has 88 valence electrons. The highest BCUT2D eigenvalue weighted by atomic mass is 16.6. The lowest BCUT2D eigenvalue weighted by Crippen LogP contribution is -2.25. The molecule has 0 fully saturated rings. The number of imidazole rings is 1. The number of carbonyl (C=O) groups excluding carboxylic acids is 1. The van der Waals surface area contributed by atoms with Crippen molar-refractivity contribution in [2.24, 2.45) is 7.05 Å². The Morgan fingerprint density at radius 2 is 2.00 bits per heavy atom. The number of nitrogens with zero attached hydrogens (tertiary/aromatic N) is 3. The van der Waals surface area contributed by atoms with Crippen molar-refractivity contribution in [2.45, 2.75) is 6.92 Å². The number of nitro benzene ring substituents is 1. The monoisotopic (exact) mass is 235 g/mol.